The van der Waals surface area contributed by atoms with Gasteiger partial charge in [-0.25, -0.2) is 0 Å². The largest absolute Gasteiger partial charge is 0.303 e. The molecule has 0 saturated carbocycles. The van der Waals surface area contributed by atoms with Gasteiger partial charge in [-0.15, -0.1) is 11.3 Å². The predicted octanol–water partition coefficient (Wildman–Crippen LogP) is 5.80. The normalized spacial score (nSPS) is 17.3. The minimum Gasteiger partial charge on any atom is -0.303 e. The van der Waals surface area contributed by atoms with Crippen LogP contribution in [0, 0.1) is 0 Å². The summed E-state index contributed by atoms with van der Waals surface area (Å²) in [6, 6.07) is 11.8. The van der Waals surface area contributed by atoms with Gasteiger partial charge in [-0.05, 0) is 68.9 Å². The van der Waals surface area contributed by atoms with E-state index in [-0.39, 0.29) is 0 Å². The van der Waals surface area contributed by atoms with Gasteiger partial charge in [0.2, 0.25) is 0 Å². The van der Waals surface area contributed by atoms with E-state index >= 15 is 0 Å². The quantitative estimate of drug-likeness (QED) is 0.723. The van der Waals surface area contributed by atoms with Crippen molar-refractivity contribution >= 4 is 27.3 Å². The first-order chi connectivity index (χ1) is 10.1. The Morgan fingerprint density at radius 2 is 1.90 bits per heavy atom. The summed E-state index contributed by atoms with van der Waals surface area (Å²) in [6.45, 7) is 4.53. The van der Waals surface area contributed by atoms with E-state index in [1.165, 1.54) is 36.1 Å². The summed E-state index contributed by atoms with van der Waals surface area (Å²) in [5.41, 5.74) is 2.93. The Hall–Kier alpha value is -0.640. The zero-order chi connectivity index (χ0) is 14.8. The lowest BCUT2D eigenvalue weighted by Crippen LogP contribution is -2.21. The highest BCUT2D eigenvalue weighted by molar-refractivity contribution is 9.10. The number of benzene rings is 1. The zero-order valence-corrected chi connectivity index (χ0v) is 15.1. The molecule has 0 spiro atoms. The predicted molar refractivity (Wildman–Crippen MR) is 95.1 cm³/mol. The monoisotopic (exact) mass is 363 g/mol. The molecule has 2 atom stereocenters. The Bertz CT molecular complexity index is 596. The van der Waals surface area contributed by atoms with Gasteiger partial charge in [0.15, 0.2) is 0 Å². The fraction of sp³-hybridized carbons (Fsp3) is 0.444. The van der Waals surface area contributed by atoms with Crippen LogP contribution in [-0.4, -0.2) is 0 Å². The van der Waals surface area contributed by atoms with E-state index < -0.39 is 0 Å². The molecule has 1 nitrogen and oxygen atoms in total. The summed E-state index contributed by atoms with van der Waals surface area (Å²) in [6.07, 6.45) is 5.29. The molecule has 1 aromatic carbocycles. The van der Waals surface area contributed by atoms with Gasteiger partial charge in [0.1, 0.15) is 0 Å². The van der Waals surface area contributed by atoms with E-state index in [9.17, 15) is 0 Å². The molecule has 0 amide bonds. The highest BCUT2D eigenvalue weighted by Crippen LogP contribution is 2.33. The van der Waals surface area contributed by atoms with Crippen LogP contribution >= 0.6 is 27.3 Å². The van der Waals surface area contributed by atoms with Crippen molar-refractivity contribution in [1.29, 1.82) is 0 Å². The maximum Gasteiger partial charge on any atom is 0.0391 e. The van der Waals surface area contributed by atoms with E-state index in [1.807, 2.05) is 11.3 Å². The lowest BCUT2D eigenvalue weighted by molar-refractivity contribution is 0.500. The van der Waals surface area contributed by atoms with Crippen molar-refractivity contribution in [3.63, 3.8) is 0 Å². The second-order valence-corrected chi connectivity index (χ2v) is 8.05. The molecule has 21 heavy (non-hydrogen) atoms. The number of aryl methyl sites for hydroxylation is 2. The Morgan fingerprint density at radius 3 is 2.67 bits per heavy atom. The van der Waals surface area contributed by atoms with Gasteiger partial charge in [0.05, 0.1) is 0 Å². The Labute approximate surface area is 139 Å². The van der Waals surface area contributed by atoms with E-state index in [0.717, 1.165) is 4.47 Å². The molecule has 0 aliphatic heterocycles. The minimum absolute atomic E-state index is 0.358. The van der Waals surface area contributed by atoms with Gasteiger partial charge in [-0.2, -0.15) is 0 Å². The maximum absolute atomic E-state index is 3.74. The summed E-state index contributed by atoms with van der Waals surface area (Å²) in [5.74, 6) is 0. The maximum atomic E-state index is 3.74. The molecule has 1 N–H and O–H groups in total. The van der Waals surface area contributed by atoms with E-state index in [4.69, 9.17) is 0 Å². The van der Waals surface area contributed by atoms with Crippen molar-refractivity contribution in [2.45, 2.75) is 51.6 Å². The third-order valence-electron chi connectivity index (χ3n) is 4.29. The van der Waals surface area contributed by atoms with Crippen LogP contribution < -0.4 is 5.32 Å². The van der Waals surface area contributed by atoms with Crippen molar-refractivity contribution in [2.75, 3.05) is 0 Å². The average molecular weight is 364 g/mol. The molecule has 3 heteroatoms. The van der Waals surface area contributed by atoms with Crippen LogP contribution in [0.25, 0.3) is 0 Å². The lowest BCUT2D eigenvalue weighted by atomic mass is 9.99. The molecular formula is C18H22BrNS. The Kier molecular flexibility index (Phi) is 4.82. The zero-order valence-electron chi connectivity index (χ0n) is 12.7. The highest BCUT2D eigenvalue weighted by Gasteiger charge is 2.18. The molecule has 1 aliphatic carbocycles. The van der Waals surface area contributed by atoms with Crippen molar-refractivity contribution in [3.05, 3.63) is 55.7 Å². The molecular weight excluding hydrogens is 342 g/mol. The van der Waals surface area contributed by atoms with Gasteiger partial charge in [-0.1, -0.05) is 28.1 Å². The summed E-state index contributed by atoms with van der Waals surface area (Å²) in [4.78, 5) is 3.11. The highest BCUT2D eigenvalue weighted by atomic mass is 79.9. The number of fused-ring (bicyclic) bond motifs is 1. The second-order valence-electron chi connectivity index (χ2n) is 5.97. The molecule has 1 aromatic heterocycles. The average Bonchev–Trinajstić information content (AvgIpc) is 2.91. The van der Waals surface area contributed by atoms with Crippen LogP contribution in [0.5, 0.6) is 0 Å². The number of rotatable bonds is 4. The van der Waals surface area contributed by atoms with Crippen LogP contribution in [0.2, 0.25) is 0 Å². The van der Waals surface area contributed by atoms with Gasteiger partial charge >= 0.3 is 0 Å². The number of nitrogens with one attached hydrogen (secondary N) is 1. The van der Waals surface area contributed by atoms with Crippen molar-refractivity contribution in [1.82, 2.24) is 5.32 Å². The van der Waals surface area contributed by atoms with Crippen molar-refractivity contribution in [2.24, 2.45) is 0 Å². The molecule has 112 valence electrons. The van der Waals surface area contributed by atoms with E-state index in [2.05, 4.69) is 65.4 Å². The third-order valence-corrected chi connectivity index (χ3v) is 6.20. The summed E-state index contributed by atoms with van der Waals surface area (Å²) in [7, 11) is 0. The summed E-state index contributed by atoms with van der Waals surface area (Å²) < 4.78 is 1.15. The van der Waals surface area contributed by atoms with Gasteiger partial charge in [-0.3, -0.25) is 0 Å². The molecule has 2 aromatic rings. The second kappa shape index (κ2) is 6.64. The molecule has 0 bridgehead atoms. The van der Waals surface area contributed by atoms with Crippen molar-refractivity contribution in [3.8, 4) is 0 Å². The third kappa shape index (κ3) is 3.58. The molecule has 1 heterocycles. The first-order valence-corrected chi connectivity index (χ1v) is 9.37. The molecule has 1 unspecified atom stereocenters. The lowest BCUT2D eigenvalue weighted by Gasteiger charge is -2.19. The van der Waals surface area contributed by atoms with Crippen molar-refractivity contribution < 1.29 is 0 Å². The van der Waals surface area contributed by atoms with Gasteiger partial charge in [0, 0.05) is 26.3 Å². The SMILES string of the molecule is CC(N[C@@H](C)c1cccc(Br)c1)c1cc2c(s1)CCCC2. The fourth-order valence-electron chi connectivity index (χ4n) is 3.06. The first-order valence-electron chi connectivity index (χ1n) is 7.76. The topological polar surface area (TPSA) is 12.0 Å². The van der Waals surface area contributed by atoms with Crippen LogP contribution in [0.3, 0.4) is 0 Å². The first kappa shape index (κ1) is 15.3. The Morgan fingerprint density at radius 1 is 1.10 bits per heavy atom. The molecule has 3 rings (SSSR count). The molecule has 0 radical (unpaired) electrons. The summed E-state index contributed by atoms with van der Waals surface area (Å²) in [5, 5.41) is 3.74. The number of halogens is 1. The summed E-state index contributed by atoms with van der Waals surface area (Å²) >= 11 is 5.57. The van der Waals surface area contributed by atoms with Crippen LogP contribution in [0.1, 0.15) is 59.7 Å². The van der Waals surface area contributed by atoms with E-state index in [1.54, 1.807) is 10.4 Å². The van der Waals surface area contributed by atoms with Gasteiger partial charge < -0.3 is 5.32 Å². The van der Waals surface area contributed by atoms with Crippen LogP contribution in [0.4, 0.5) is 0 Å². The van der Waals surface area contributed by atoms with Crippen LogP contribution in [0.15, 0.2) is 34.8 Å². The van der Waals surface area contributed by atoms with Gasteiger partial charge in [0.25, 0.3) is 0 Å². The van der Waals surface area contributed by atoms with E-state index in [0.29, 0.717) is 12.1 Å². The molecule has 1 aliphatic rings. The number of hydrogen-bond donors (Lipinski definition) is 1. The Balaban J connectivity index is 1.70. The number of thiophene rings is 1. The minimum atomic E-state index is 0.358. The smallest absolute Gasteiger partial charge is 0.0391 e. The standard InChI is InChI=1S/C18H22BrNS/c1-12(14-7-5-8-16(19)10-14)20-13(2)18-11-15-6-3-4-9-17(15)21-18/h5,7-8,10-13,20H,3-4,6,9H2,1-2H3/t12-,13?/m0/s1. The van der Waals surface area contributed by atoms with Crippen LogP contribution in [-0.2, 0) is 12.8 Å². The number of hydrogen-bond acceptors (Lipinski definition) is 2. The molecule has 0 fully saturated rings. The molecule has 0 saturated heterocycles. The fourth-order valence-corrected chi connectivity index (χ4v) is 4.74.